The van der Waals surface area contributed by atoms with E-state index in [-0.39, 0.29) is 24.7 Å². The fourth-order valence-electron chi connectivity index (χ4n) is 9.29. The minimum absolute atomic E-state index is 0.0615. The molecule has 4 saturated heterocycles. The molecule has 16 heteroatoms. The summed E-state index contributed by atoms with van der Waals surface area (Å²) < 4.78 is 0. The van der Waals surface area contributed by atoms with Crippen LogP contribution in [-0.4, -0.2) is 141 Å². The average molecular weight is 831 g/mol. The predicted octanol–water partition coefficient (Wildman–Crippen LogP) is 2.91. The minimum atomic E-state index is -0.970. The molecule has 2 aromatic heterocycles. The van der Waals surface area contributed by atoms with Crippen LogP contribution in [0.15, 0.2) is 60.9 Å². The summed E-state index contributed by atoms with van der Waals surface area (Å²) in [6.45, 7) is 8.13. The van der Waals surface area contributed by atoms with Crippen LogP contribution in [0.5, 0.6) is 0 Å². The van der Waals surface area contributed by atoms with Gasteiger partial charge in [-0.25, -0.2) is 0 Å². The van der Waals surface area contributed by atoms with E-state index in [1.54, 1.807) is 36.7 Å². The van der Waals surface area contributed by atoms with Gasteiger partial charge in [0.1, 0.15) is 6.04 Å². The van der Waals surface area contributed by atoms with Crippen molar-refractivity contribution >= 4 is 47.3 Å². The maximum atomic E-state index is 13.3. The third kappa shape index (κ3) is 10.0. The third-order valence-corrected chi connectivity index (χ3v) is 12.8. The van der Waals surface area contributed by atoms with Gasteiger partial charge in [-0.1, -0.05) is 25.0 Å². The summed E-state index contributed by atoms with van der Waals surface area (Å²) in [6, 6.07) is 12.3. The van der Waals surface area contributed by atoms with Gasteiger partial charge in [-0.15, -0.1) is 10.2 Å². The monoisotopic (exact) mass is 830 g/mol. The predicted molar refractivity (Wildman–Crippen MR) is 226 cm³/mol. The molecular formula is C45H54N10O6. The number of imide groups is 2. The summed E-state index contributed by atoms with van der Waals surface area (Å²) in [7, 11) is 0. The third-order valence-electron chi connectivity index (χ3n) is 12.8. The number of likely N-dealkylation sites (tertiary alicyclic amines) is 1. The molecule has 0 saturated carbocycles. The first kappa shape index (κ1) is 41.8. The SMILES string of the molecule is O=C(/C=C/c1cccnc1)NCCCCC1CCN(C(=O)c2ccc(N3CCC(N4CCN(Cc5ccc6c(c5)C(=O)N(C5CCC(=O)NC5=O)C6=O)CC4)CC3)nn2)CC1. The number of rotatable bonds is 13. The lowest BCUT2D eigenvalue weighted by Crippen LogP contribution is -2.54. The van der Waals surface area contributed by atoms with Crippen molar-refractivity contribution in [1.29, 1.82) is 0 Å². The molecule has 5 aliphatic heterocycles. The molecule has 6 amide bonds. The summed E-state index contributed by atoms with van der Waals surface area (Å²) >= 11 is 0. The molecule has 0 aliphatic carbocycles. The van der Waals surface area contributed by atoms with Crippen molar-refractivity contribution in [2.24, 2.45) is 5.92 Å². The number of carbonyl (C=O) groups excluding carboxylic acids is 6. The molecule has 320 valence electrons. The highest BCUT2D eigenvalue weighted by atomic mass is 16.2. The number of unbranched alkanes of at least 4 members (excludes halogenated alkanes) is 1. The molecular weight excluding hydrogens is 777 g/mol. The number of aromatic nitrogens is 3. The molecule has 0 spiro atoms. The van der Waals surface area contributed by atoms with Crippen LogP contribution in [0.2, 0.25) is 0 Å². The van der Waals surface area contributed by atoms with Crippen molar-refractivity contribution in [2.75, 3.05) is 63.8 Å². The molecule has 1 unspecified atom stereocenters. The van der Waals surface area contributed by atoms with Gasteiger partial charge in [-0.3, -0.25) is 53.8 Å². The fraction of sp³-hybridized carbons (Fsp3) is 0.489. The van der Waals surface area contributed by atoms with Gasteiger partial charge in [-0.05, 0) is 92.0 Å². The van der Waals surface area contributed by atoms with E-state index in [4.69, 9.17) is 0 Å². The number of piperidine rings is 3. The van der Waals surface area contributed by atoms with Gasteiger partial charge < -0.3 is 15.1 Å². The molecule has 8 rings (SSSR count). The fourth-order valence-corrected chi connectivity index (χ4v) is 9.29. The lowest BCUT2D eigenvalue weighted by Gasteiger charge is -2.43. The number of amides is 6. The Bertz CT molecular complexity index is 2120. The molecule has 0 radical (unpaired) electrons. The Balaban J connectivity index is 0.715. The lowest BCUT2D eigenvalue weighted by molar-refractivity contribution is -0.136. The number of pyridine rings is 1. The molecule has 5 aliphatic rings. The van der Waals surface area contributed by atoms with Crippen LogP contribution in [0.1, 0.15) is 100 Å². The number of carbonyl (C=O) groups is 6. The van der Waals surface area contributed by atoms with Crippen LogP contribution < -0.4 is 15.5 Å². The summed E-state index contributed by atoms with van der Waals surface area (Å²) in [5.41, 5.74) is 2.84. The van der Waals surface area contributed by atoms with E-state index < -0.39 is 29.7 Å². The highest BCUT2D eigenvalue weighted by molar-refractivity contribution is 6.23. The summed E-state index contributed by atoms with van der Waals surface area (Å²) in [4.78, 5) is 90.0. The molecule has 4 fully saturated rings. The Morgan fingerprint density at radius 3 is 2.33 bits per heavy atom. The van der Waals surface area contributed by atoms with Gasteiger partial charge in [0.15, 0.2) is 11.5 Å². The van der Waals surface area contributed by atoms with Gasteiger partial charge in [0.05, 0.1) is 11.1 Å². The van der Waals surface area contributed by atoms with Gasteiger partial charge >= 0.3 is 0 Å². The number of nitrogens with zero attached hydrogens (tertiary/aromatic N) is 8. The maximum absolute atomic E-state index is 13.3. The zero-order chi connectivity index (χ0) is 42.3. The minimum Gasteiger partial charge on any atom is -0.355 e. The lowest BCUT2D eigenvalue weighted by atomic mass is 9.91. The molecule has 3 aromatic rings. The topological polar surface area (TPSA) is 181 Å². The summed E-state index contributed by atoms with van der Waals surface area (Å²) in [5.74, 6) is -0.753. The van der Waals surface area contributed by atoms with E-state index in [9.17, 15) is 28.8 Å². The summed E-state index contributed by atoms with van der Waals surface area (Å²) in [6.07, 6.45) is 14.0. The number of hydrogen-bond acceptors (Lipinski definition) is 12. The first-order chi connectivity index (χ1) is 29.7. The standard InChI is InChI=1S/C45H54N10O6/c56-40(12-7-32-5-3-18-46-29-32)47-19-2-1-4-31-14-20-54(21-15-31)45(61)37-9-11-39(50-49-37)53-22-16-34(17-23-53)52-26-24-51(25-27-52)30-33-6-8-35-36(28-33)44(60)55(43(35)59)38-10-13-41(57)48-42(38)58/h3,5-9,11-12,18,28-29,31,34,38H,1-2,4,10,13-17,19-27,30H2,(H,47,56)(H,48,57,58)/b12-7+. The Morgan fingerprint density at radius 1 is 0.820 bits per heavy atom. The van der Waals surface area contributed by atoms with E-state index in [2.05, 4.69) is 40.5 Å². The van der Waals surface area contributed by atoms with Gasteiger partial charge in [0.25, 0.3) is 17.7 Å². The molecule has 7 heterocycles. The van der Waals surface area contributed by atoms with Crippen LogP contribution in [0.3, 0.4) is 0 Å². The molecule has 1 aromatic carbocycles. The molecule has 16 nitrogen and oxygen atoms in total. The van der Waals surface area contributed by atoms with Crippen LogP contribution in [0.25, 0.3) is 6.08 Å². The second-order valence-electron chi connectivity index (χ2n) is 16.8. The van der Waals surface area contributed by atoms with Crippen LogP contribution in [0, 0.1) is 5.92 Å². The number of nitrogens with one attached hydrogen (secondary N) is 2. The van der Waals surface area contributed by atoms with E-state index in [1.165, 1.54) is 0 Å². The second kappa shape index (κ2) is 19.2. The van der Waals surface area contributed by atoms with Crippen molar-refractivity contribution < 1.29 is 28.8 Å². The molecule has 0 bridgehead atoms. The van der Waals surface area contributed by atoms with Crippen LogP contribution >= 0.6 is 0 Å². The Labute approximate surface area is 355 Å². The van der Waals surface area contributed by atoms with E-state index in [0.29, 0.717) is 41.9 Å². The largest absolute Gasteiger partial charge is 0.355 e. The van der Waals surface area contributed by atoms with Gasteiger partial charge in [0, 0.05) is 96.4 Å². The van der Waals surface area contributed by atoms with Crippen molar-refractivity contribution in [1.82, 2.24) is 45.4 Å². The number of hydrogen-bond donors (Lipinski definition) is 2. The first-order valence-corrected chi connectivity index (χ1v) is 21.7. The normalized spacial score (nSPS) is 21.0. The van der Waals surface area contributed by atoms with Crippen molar-refractivity contribution in [3.63, 3.8) is 0 Å². The Kier molecular flexibility index (Phi) is 13.2. The van der Waals surface area contributed by atoms with E-state index in [0.717, 1.165) is 119 Å². The first-order valence-electron chi connectivity index (χ1n) is 21.7. The van der Waals surface area contributed by atoms with Crippen molar-refractivity contribution in [3.05, 3.63) is 88.9 Å². The molecule has 1 atom stereocenters. The average Bonchev–Trinajstić information content (AvgIpc) is 3.53. The van der Waals surface area contributed by atoms with E-state index in [1.807, 2.05) is 35.2 Å². The van der Waals surface area contributed by atoms with Crippen LogP contribution in [0.4, 0.5) is 5.82 Å². The molecule has 61 heavy (non-hydrogen) atoms. The number of anilines is 1. The maximum Gasteiger partial charge on any atom is 0.274 e. The zero-order valence-corrected chi connectivity index (χ0v) is 34.5. The van der Waals surface area contributed by atoms with E-state index >= 15 is 0 Å². The Morgan fingerprint density at radius 2 is 1.61 bits per heavy atom. The second-order valence-corrected chi connectivity index (χ2v) is 16.8. The Hall–Kier alpha value is -5.87. The van der Waals surface area contributed by atoms with Gasteiger partial charge in [-0.2, -0.15) is 0 Å². The number of piperazine rings is 1. The highest BCUT2D eigenvalue weighted by Crippen LogP contribution is 2.30. The number of benzene rings is 1. The molecule has 2 N–H and O–H groups in total. The number of fused-ring (bicyclic) bond motifs is 1. The quantitative estimate of drug-likeness (QED) is 0.146. The van der Waals surface area contributed by atoms with Crippen LogP contribution in [-0.2, 0) is 20.9 Å². The van der Waals surface area contributed by atoms with Gasteiger partial charge in [0.2, 0.25) is 17.7 Å². The zero-order valence-electron chi connectivity index (χ0n) is 34.5. The van der Waals surface area contributed by atoms with Crippen molar-refractivity contribution in [3.8, 4) is 0 Å². The highest BCUT2D eigenvalue weighted by Gasteiger charge is 2.44. The smallest absolute Gasteiger partial charge is 0.274 e. The summed E-state index contributed by atoms with van der Waals surface area (Å²) in [5, 5.41) is 14.0. The van der Waals surface area contributed by atoms with Crippen molar-refractivity contribution in [2.45, 2.75) is 76.4 Å².